The summed E-state index contributed by atoms with van der Waals surface area (Å²) in [6, 6.07) is 9.54. The standard InChI is InChI=1S/C20H20N2O3/c1-12-7-8-18-16(9-12)19(15-5-3-4-6-17(15)21-18)20(23)24-11-14-10-13(2)25-22-14/h3-6,10,12H,7-9,11H2,1-2H3/t12-/m1/s1. The molecule has 0 fully saturated rings. The Morgan fingerprint density at radius 2 is 2.20 bits per heavy atom. The molecular formula is C20H20N2O3. The lowest BCUT2D eigenvalue weighted by Crippen LogP contribution is -2.19. The van der Waals surface area contributed by atoms with Gasteiger partial charge in [-0.3, -0.25) is 4.98 Å². The summed E-state index contributed by atoms with van der Waals surface area (Å²) in [5.41, 5.74) is 4.19. The van der Waals surface area contributed by atoms with Crippen LogP contribution in [0, 0.1) is 12.8 Å². The molecule has 2 aromatic heterocycles. The molecule has 5 heteroatoms. The molecule has 3 aromatic rings. The van der Waals surface area contributed by atoms with E-state index in [0.717, 1.165) is 41.4 Å². The van der Waals surface area contributed by atoms with Crippen LogP contribution >= 0.6 is 0 Å². The van der Waals surface area contributed by atoms with Crippen molar-refractivity contribution in [3.05, 3.63) is 58.6 Å². The maximum Gasteiger partial charge on any atom is 0.339 e. The number of aryl methyl sites for hydroxylation is 2. The van der Waals surface area contributed by atoms with E-state index in [4.69, 9.17) is 14.2 Å². The van der Waals surface area contributed by atoms with E-state index in [1.165, 1.54) is 0 Å². The first-order valence-electron chi connectivity index (χ1n) is 8.61. The Hall–Kier alpha value is -2.69. The summed E-state index contributed by atoms with van der Waals surface area (Å²) in [6.45, 7) is 4.13. The lowest BCUT2D eigenvalue weighted by Gasteiger charge is -2.24. The molecule has 2 heterocycles. The van der Waals surface area contributed by atoms with Gasteiger partial charge in [0.1, 0.15) is 18.1 Å². The molecule has 1 atom stereocenters. The Bertz CT molecular complexity index is 945. The first-order valence-corrected chi connectivity index (χ1v) is 8.61. The summed E-state index contributed by atoms with van der Waals surface area (Å²) in [5.74, 6) is 0.927. The minimum atomic E-state index is -0.315. The third-order valence-corrected chi connectivity index (χ3v) is 4.74. The maximum atomic E-state index is 12.9. The number of rotatable bonds is 3. The zero-order chi connectivity index (χ0) is 17.4. The van der Waals surface area contributed by atoms with Crippen molar-refractivity contribution in [3.8, 4) is 0 Å². The third-order valence-electron chi connectivity index (χ3n) is 4.74. The molecule has 1 aromatic carbocycles. The van der Waals surface area contributed by atoms with E-state index in [9.17, 15) is 4.79 Å². The first kappa shape index (κ1) is 15.8. The van der Waals surface area contributed by atoms with Crippen molar-refractivity contribution >= 4 is 16.9 Å². The number of carbonyl (C=O) groups is 1. The van der Waals surface area contributed by atoms with E-state index in [1.807, 2.05) is 31.2 Å². The van der Waals surface area contributed by atoms with Crippen molar-refractivity contribution in [1.29, 1.82) is 0 Å². The van der Waals surface area contributed by atoms with Crippen molar-refractivity contribution < 1.29 is 14.1 Å². The molecular weight excluding hydrogens is 316 g/mol. The molecule has 1 aliphatic rings. The number of benzene rings is 1. The minimum absolute atomic E-state index is 0.108. The van der Waals surface area contributed by atoms with Crippen molar-refractivity contribution in [2.24, 2.45) is 5.92 Å². The molecule has 0 spiro atoms. The van der Waals surface area contributed by atoms with E-state index in [0.29, 0.717) is 22.9 Å². The van der Waals surface area contributed by atoms with Gasteiger partial charge in [0, 0.05) is 17.1 Å². The molecule has 0 amide bonds. The molecule has 1 aliphatic carbocycles. The lowest BCUT2D eigenvalue weighted by atomic mass is 9.84. The van der Waals surface area contributed by atoms with Gasteiger partial charge in [-0.2, -0.15) is 0 Å². The highest BCUT2D eigenvalue weighted by molar-refractivity contribution is 6.05. The smallest absolute Gasteiger partial charge is 0.339 e. The molecule has 4 rings (SSSR count). The Morgan fingerprint density at radius 3 is 3.00 bits per heavy atom. The predicted molar refractivity (Wildman–Crippen MR) is 93.3 cm³/mol. The fourth-order valence-corrected chi connectivity index (χ4v) is 3.49. The number of ether oxygens (including phenoxy) is 1. The van der Waals surface area contributed by atoms with Crippen LogP contribution < -0.4 is 0 Å². The summed E-state index contributed by atoms with van der Waals surface area (Å²) < 4.78 is 10.6. The number of hydrogen-bond donors (Lipinski definition) is 0. The highest BCUT2D eigenvalue weighted by Gasteiger charge is 2.26. The summed E-state index contributed by atoms with van der Waals surface area (Å²) in [6.07, 6.45) is 2.87. The van der Waals surface area contributed by atoms with Crippen LogP contribution in [-0.2, 0) is 24.2 Å². The van der Waals surface area contributed by atoms with Gasteiger partial charge in [-0.25, -0.2) is 4.79 Å². The Kier molecular flexibility index (Phi) is 3.99. The zero-order valence-electron chi connectivity index (χ0n) is 14.4. The normalized spacial score (nSPS) is 16.6. The molecule has 0 unspecified atom stereocenters. The monoisotopic (exact) mass is 336 g/mol. The van der Waals surface area contributed by atoms with Gasteiger partial charge < -0.3 is 9.26 Å². The number of carbonyl (C=O) groups excluding carboxylic acids is 1. The van der Waals surface area contributed by atoms with Crippen LogP contribution in [0.15, 0.2) is 34.9 Å². The number of pyridine rings is 1. The largest absolute Gasteiger partial charge is 0.455 e. The molecule has 0 radical (unpaired) electrons. The van der Waals surface area contributed by atoms with Gasteiger partial charge >= 0.3 is 5.97 Å². The summed E-state index contributed by atoms with van der Waals surface area (Å²) >= 11 is 0. The third kappa shape index (κ3) is 3.02. The van der Waals surface area contributed by atoms with Crippen LogP contribution in [0.1, 0.15) is 46.4 Å². The Balaban J connectivity index is 1.73. The zero-order valence-corrected chi connectivity index (χ0v) is 14.4. The highest BCUT2D eigenvalue weighted by atomic mass is 16.5. The van der Waals surface area contributed by atoms with Gasteiger partial charge in [0.15, 0.2) is 0 Å². The molecule has 0 N–H and O–H groups in total. The highest BCUT2D eigenvalue weighted by Crippen LogP contribution is 2.32. The summed E-state index contributed by atoms with van der Waals surface area (Å²) in [7, 11) is 0. The lowest BCUT2D eigenvalue weighted by molar-refractivity contribution is 0.0464. The van der Waals surface area contributed by atoms with E-state index >= 15 is 0 Å². The quantitative estimate of drug-likeness (QED) is 0.676. The van der Waals surface area contributed by atoms with Crippen LogP contribution in [0.3, 0.4) is 0 Å². The second kappa shape index (κ2) is 6.31. The van der Waals surface area contributed by atoms with E-state index in [-0.39, 0.29) is 12.6 Å². The molecule has 0 aliphatic heterocycles. The van der Waals surface area contributed by atoms with Crippen molar-refractivity contribution in [1.82, 2.24) is 10.1 Å². The van der Waals surface area contributed by atoms with Crippen LogP contribution in [0.4, 0.5) is 0 Å². The van der Waals surface area contributed by atoms with Crippen molar-refractivity contribution in [2.75, 3.05) is 0 Å². The number of hydrogen-bond acceptors (Lipinski definition) is 5. The molecule has 0 bridgehead atoms. The molecule has 25 heavy (non-hydrogen) atoms. The number of para-hydroxylation sites is 1. The fraction of sp³-hybridized carbons (Fsp3) is 0.350. The average molecular weight is 336 g/mol. The fourth-order valence-electron chi connectivity index (χ4n) is 3.49. The number of aromatic nitrogens is 2. The van der Waals surface area contributed by atoms with E-state index < -0.39 is 0 Å². The van der Waals surface area contributed by atoms with Crippen molar-refractivity contribution in [2.45, 2.75) is 39.7 Å². The second-order valence-electron chi connectivity index (χ2n) is 6.78. The van der Waals surface area contributed by atoms with Crippen molar-refractivity contribution in [3.63, 3.8) is 0 Å². The van der Waals surface area contributed by atoms with E-state index in [1.54, 1.807) is 6.07 Å². The van der Waals surface area contributed by atoms with Crippen LogP contribution in [0.25, 0.3) is 10.9 Å². The minimum Gasteiger partial charge on any atom is -0.455 e. The second-order valence-corrected chi connectivity index (χ2v) is 6.78. The molecule has 0 saturated heterocycles. The number of nitrogens with zero attached hydrogens (tertiary/aromatic N) is 2. The number of esters is 1. The van der Waals surface area contributed by atoms with Crippen LogP contribution in [-0.4, -0.2) is 16.1 Å². The Labute approximate surface area is 146 Å². The van der Waals surface area contributed by atoms with Gasteiger partial charge in [0.05, 0.1) is 11.1 Å². The summed E-state index contributed by atoms with van der Waals surface area (Å²) in [5, 5.41) is 4.74. The SMILES string of the molecule is Cc1cc(COC(=O)c2c3c(nc4ccccc24)CC[C@@H](C)C3)no1. The Morgan fingerprint density at radius 1 is 1.36 bits per heavy atom. The average Bonchev–Trinajstić information content (AvgIpc) is 3.03. The van der Waals surface area contributed by atoms with Gasteiger partial charge in [0.25, 0.3) is 0 Å². The predicted octanol–water partition coefficient (Wildman–Crippen LogP) is 4.01. The maximum absolute atomic E-state index is 12.9. The first-order chi connectivity index (χ1) is 12.1. The molecule has 5 nitrogen and oxygen atoms in total. The molecule has 128 valence electrons. The van der Waals surface area contributed by atoms with Gasteiger partial charge in [-0.1, -0.05) is 30.3 Å². The van der Waals surface area contributed by atoms with Crippen LogP contribution in [0.2, 0.25) is 0 Å². The van der Waals surface area contributed by atoms with Gasteiger partial charge in [-0.05, 0) is 43.7 Å². The van der Waals surface area contributed by atoms with E-state index in [2.05, 4.69) is 12.1 Å². The van der Waals surface area contributed by atoms with Gasteiger partial charge in [-0.15, -0.1) is 0 Å². The van der Waals surface area contributed by atoms with Gasteiger partial charge in [0.2, 0.25) is 0 Å². The number of fused-ring (bicyclic) bond motifs is 2. The topological polar surface area (TPSA) is 65.2 Å². The van der Waals surface area contributed by atoms with Crippen LogP contribution in [0.5, 0.6) is 0 Å². The summed E-state index contributed by atoms with van der Waals surface area (Å²) in [4.78, 5) is 17.7. The molecule has 0 saturated carbocycles.